The zero-order chi connectivity index (χ0) is 28.1. The molecule has 1 N–H and O–H groups in total. The monoisotopic (exact) mass is 547 g/mol. The predicted octanol–water partition coefficient (Wildman–Crippen LogP) is 3.97. The van der Waals surface area contributed by atoms with Gasteiger partial charge >= 0.3 is 0 Å². The largest absolute Gasteiger partial charge is 0.497 e. The van der Waals surface area contributed by atoms with Crippen LogP contribution in [0, 0.1) is 0 Å². The Balaban J connectivity index is 2.20. The van der Waals surface area contributed by atoms with Gasteiger partial charge in [-0.1, -0.05) is 37.6 Å². The molecular weight excluding hydrogens is 506 g/mol. The molecule has 0 aliphatic carbocycles. The van der Waals surface area contributed by atoms with Gasteiger partial charge in [0.05, 0.1) is 25.7 Å². The molecule has 38 heavy (non-hydrogen) atoms. The van der Waals surface area contributed by atoms with Crippen molar-refractivity contribution in [1.29, 1.82) is 0 Å². The molecule has 1 atom stereocenters. The van der Waals surface area contributed by atoms with Crippen molar-refractivity contribution in [2.45, 2.75) is 59.0 Å². The van der Waals surface area contributed by atoms with Crippen LogP contribution in [0.2, 0.25) is 0 Å². The first kappa shape index (κ1) is 31.0. The second-order valence-electron chi connectivity index (χ2n) is 9.03. The molecule has 0 aliphatic heterocycles. The Morgan fingerprint density at radius 2 is 1.79 bits per heavy atom. The number of anilines is 1. The van der Waals surface area contributed by atoms with E-state index in [4.69, 9.17) is 9.47 Å². The summed E-state index contributed by atoms with van der Waals surface area (Å²) in [6, 6.07) is 13.6. The third kappa shape index (κ3) is 9.24. The molecule has 2 rings (SSSR count). The van der Waals surface area contributed by atoms with Gasteiger partial charge in [-0.25, -0.2) is 8.42 Å². The minimum atomic E-state index is -3.63. The maximum atomic E-state index is 13.4. The third-order valence-corrected chi connectivity index (χ3v) is 7.25. The summed E-state index contributed by atoms with van der Waals surface area (Å²) in [5, 5.41) is 2.90. The summed E-state index contributed by atoms with van der Waals surface area (Å²) in [4.78, 5) is 27.8. The Bertz CT molecular complexity index is 1150. The van der Waals surface area contributed by atoms with Gasteiger partial charge < -0.3 is 19.7 Å². The normalized spacial score (nSPS) is 11.9. The Morgan fingerprint density at radius 3 is 2.45 bits per heavy atom. The van der Waals surface area contributed by atoms with Gasteiger partial charge in [0.15, 0.2) is 0 Å². The molecule has 210 valence electrons. The van der Waals surface area contributed by atoms with Crippen LogP contribution in [0.1, 0.15) is 52.0 Å². The van der Waals surface area contributed by atoms with Gasteiger partial charge in [0.2, 0.25) is 21.8 Å². The molecule has 0 spiro atoms. The molecule has 0 saturated carbocycles. The number of amides is 2. The molecule has 0 bridgehead atoms. The molecule has 2 aromatic carbocycles. The summed E-state index contributed by atoms with van der Waals surface area (Å²) in [5.41, 5.74) is 1.26. The van der Waals surface area contributed by atoms with Crippen LogP contribution in [0.25, 0.3) is 0 Å². The van der Waals surface area contributed by atoms with Gasteiger partial charge in [0.25, 0.3) is 0 Å². The maximum absolute atomic E-state index is 13.4. The van der Waals surface area contributed by atoms with Crippen molar-refractivity contribution in [3.8, 4) is 11.5 Å². The van der Waals surface area contributed by atoms with E-state index < -0.39 is 16.1 Å². The second-order valence-corrected chi connectivity index (χ2v) is 10.9. The Hall–Kier alpha value is -3.27. The lowest BCUT2D eigenvalue weighted by molar-refractivity contribution is -0.140. The second kappa shape index (κ2) is 15.2. The molecule has 0 radical (unpaired) electrons. The SMILES string of the molecule is CCCCNC(=O)[C@H](C)N(Cc1cccc(OC)c1)C(=O)CCCN(c1ccccc1OCC)S(C)(=O)=O. The highest BCUT2D eigenvalue weighted by Gasteiger charge is 2.27. The standard InChI is InChI=1S/C28H41N3O6S/c1-6-8-18-29-28(33)22(3)30(21-23-13-11-14-24(20-23)36-4)27(32)17-12-19-31(38(5,34)35)25-15-9-10-16-26(25)37-7-2/h9-11,13-16,20,22H,6-8,12,17-19,21H2,1-5H3,(H,29,33)/t22-/m0/s1. The number of unbranched alkanes of at least 4 members (excludes halogenated alkanes) is 1. The summed E-state index contributed by atoms with van der Waals surface area (Å²) in [6.07, 6.45) is 3.27. The van der Waals surface area contributed by atoms with E-state index in [1.165, 1.54) is 9.21 Å². The molecule has 0 fully saturated rings. The average molecular weight is 548 g/mol. The van der Waals surface area contributed by atoms with Crippen LogP contribution in [-0.2, 0) is 26.2 Å². The average Bonchev–Trinajstić information content (AvgIpc) is 2.89. The number of rotatable bonds is 16. The molecule has 0 aromatic heterocycles. The van der Waals surface area contributed by atoms with Crippen molar-refractivity contribution in [3.63, 3.8) is 0 Å². The van der Waals surface area contributed by atoms with E-state index in [2.05, 4.69) is 5.32 Å². The number of sulfonamides is 1. The van der Waals surface area contributed by atoms with Crippen LogP contribution in [-0.4, -0.2) is 64.2 Å². The molecule has 2 aromatic rings. The summed E-state index contributed by atoms with van der Waals surface area (Å²) in [7, 11) is -2.05. The van der Waals surface area contributed by atoms with Crippen LogP contribution in [0.15, 0.2) is 48.5 Å². The quantitative estimate of drug-likeness (QED) is 0.319. The molecular formula is C28H41N3O6S. The predicted molar refractivity (Wildman–Crippen MR) is 150 cm³/mol. The Morgan fingerprint density at radius 1 is 1.05 bits per heavy atom. The van der Waals surface area contributed by atoms with Crippen LogP contribution in [0.5, 0.6) is 11.5 Å². The smallest absolute Gasteiger partial charge is 0.242 e. The fourth-order valence-electron chi connectivity index (χ4n) is 4.01. The lowest BCUT2D eigenvalue weighted by atomic mass is 10.1. The van der Waals surface area contributed by atoms with E-state index in [9.17, 15) is 18.0 Å². The van der Waals surface area contributed by atoms with Crippen molar-refractivity contribution < 1.29 is 27.5 Å². The number of nitrogens with zero attached hydrogens (tertiary/aromatic N) is 2. The van der Waals surface area contributed by atoms with Crippen LogP contribution in [0.4, 0.5) is 5.69 Å². The van der Waals surface area contributed by atoms with Crippen molar-refractivity contribution in [2.24, 2.45) is 0 Å². The fraction of sp³-hybridized carbons (Fsp3) is 0.500. The van der Waals surface area contributed by atoms with Crippen LogP contribution in [0.3, 0.4) is 0 Å². The number of nitrogens with one attached hydrogen (secondary N) is 1. The highest BCUT2D eigenvalue weighted by molar-refractivity contribution is 7.92. The summed E-state index contributed by atoms with van der Waals surface area (Å²) in [5.74, 6) is 0.658. The van der Waals surface area contributed by atoms with Crippen LogP contribution < -0.4 is 19.1 Å². The minimum Gasteiger partial charge on any atom is -0.497 e. The number of benzene rings is 2. The van der Waals surface area contributed by atoms with Gasteiger partial charge in [-0.15, -0.1) is 0 Å². The van der Waals surface area contributed by atoms with Gasteiger partial charge in [-0.2, -0.15) is 0 Å². The maximum Gasteiger partial charge on any atom is 0.242 e. The van der Waals surface area contributed by atoms with Gasteiger partial charge in [0, 0.05) is 26.1 Å². The van der Waals surface area contributed by atoms with Crippen molar-refractivity contribution in [3.05, 3.63) is 54.1 Å². The molecule has 0 saturated heterocycles. The third-order valence-electron chi connectivity index (χ3n) is 6.07. The highest BCUT2D eigenvalue weighted by atomic mass is 32.2. The number of hydrogen-bond donors (Lipinski definition) is 1. The van der Waals surface area contributed by atoms with Crippen molar-refractivity contribution in [1.82, 2.24) is 10.2 Å². The molecule has 0 unspecified atom stereocenters. The van der Waals surface area contributed by atoms with Gasteiger partial charge in [-0.05, 0) is 56.5 Å². The molecule has 9 nitrogen and oxygen atoms in total. The Kier molecular flexibility index (Phi) is 12.4. The zero-order valence-electron chi connectivity index (χ0n) is 23.1. The number of carbonyl (C=O) groups excluding carboxylic acids is 2. The number of hydrogen-bond acceptors (Lipinski definition) is 6. The lowest BCUT2D eigenvalue weighted by Gasteiger charge is -2.29. The van der Waals surface area contributed by atoms with E-state index in [1.54, 1.807) is 38.3 Å². The van der Waals surface area contributed by atoms with Crippen LogP contribution >= 0.6 is 0 Å². The first-order valence-electron chi connectivity index (χ1n) is 13.0. The molecule has 10 heteroatoms. The molecule has 0 heterocycles. The minimum absolute atomic E-state index is 0.0688. The number of methoxy groups -OCH3 is 1. The van der Waals surface area contributed by atoms with E-state index in [0.717, 1.165) is 24.7 Å². The zero-order valence-corrected chi connectivity index (χ0v) is 23.9. The summed E-state index contributed by atoms with van der Waals surface area (Å²) < 4.78 is 37.5. The van der Waals surface area contributed by atoms with E-state index in [0.29, 0.717) is 30.3 Å². The number of para-hydroxylation sites is 2. The van der Waals surface area contributed by atoms with Gasteiger partial charge in [0.1, 0.15) is 17.5 Å². The topological polar surface area (TPSA) is 105 Å². The highest BCUT2D eigenvalue weighted by Crippen LogP contribution is 2.30. The van der Waals surface area contributed by atoms with E-state index in [1.807, 2.05) is 38.1 Å². The van der Waals surface area contributed by atoms with Crippen molar-refractivity contribution in [2.75, 3.05) is 37.4 Å². The van der Waals surface area contributed by atoms with E-state index in [-0.39, 0.29) is 37.7 Å². The Labute approximate surface area is 227 Å². The number of ether oxygens (including phenoxy) is 2. The van der Waals surface area contributed by atoms with Gasteiger partial charge in [-0.3, -0.25) is 13.9 Å². The molecule has 2 amide bonds. The number of carbonyl (C=O) groups is 2. The molecule has 0 aliphatic rings. The van der Waals surface area contributed by atoms with Crippen molar-refractivity contribution >= 4 is 27.5 Å². The van der Waals surface area contributed by atoms with E-state index >= 15 is 0 Å². The first-order chi connectivity index (χ1) is 18.1. The first-order valence-corrected chi connectivity index (χ1v) is 14.9. The lowest BCUT2D eigenvalue weighted by Crippen LogP contribution is -2.48. The summed E-state index contributed by atoms with van der Waals surface area (Å²) >= 11 is 0. The fourth-order valence-corrected chi connectivity index (χ4v) is 4.98. The summed E-state index contributed by atoms with van der Waals surface area (Å²) in [6.45, 7) is 6.84.